The molecule has 0 fully saturated rings. The highest BCUT2D eigenvalue weighted by molar-refractivity contribution is 8.93. The van der Waals surface area contributed by atoms with E-state index in [2.05, 4.69) is 13.8 Å². The molecular weight excluding hydrogens is 164 g/mol. The Bertz CT molecular complexity index is 23.6. The van der Waals surface area contributed by atoms with E-state index < -0.39 is 0 Å². The molecule has 0 unspecified atom stereocenters. The van der Waals surface area contributed by atoms with Crippen LogP contribution in [-0.2, 0) is 0 Å². The lowest BCUT2D eigenvalue weighted by atomic mass is 10.2. The van der Waals surface area contributed by atoms with Crippen LogP contribution >= 0.6 is 17.0 Å². The van der Waals surface area contributed by atoms with Crippen molar-refractivity contribution in [2.24, 2.45) is 0 Å². The zero-order valence-corrected chi connectivity index (χ0v) is 7.66. The van der Waals surface area contributed by atoms with Crippen molar-refractivity contribution < 1.29 is 0 Å². The second-order valence-corrected chi connectivity index (χ2v) is 2.06. The van der Waals surface area contributed by atoms with Gasteiger partial charge in [-0.2, -0.15) is 0 Å². The van der Waals surface area contributed by atoms with Gasteiger partial charge in [-0.05, 0) is 0 Å². The van der Waals surface area contributed by atoms with Crippen molar-refractivity contribution >= 4 is 17.0 Å². The molecule has 52 valence electrons. The van der Waals surface area contributed by atoms with Gasteiger partial charge in [0.05, 0.1) is 0 Å². The van der Waals surface area contributed by atoms with Crippen molar-refractivity contribution in [1.82, 2.24) is 0 Å². The van der Waals surface area contributed by atoms with E-state index in [-0.39, 0.29) is 17.0 Å². The summed E-state index contributed by atoms with van der Waals surface area (Å²) in [6.45, 7) is 4.49. The lowest BCUT2D eigenvalue weighted by Crippen LogP contribution is -1.70. The van der Waals surface area contributed by atoms with Gasteiger partial charge < -0.3 is 0 Å². The lowest BCUT2D eigenvalue weighted by Gasteiger charge is -1.90. The molecule has 0 aliphatic heterocycles. The molecule has 0 bridgehead atoms. The summed E-state index contributed by atoms with van der Waals surface area (Å²) in [5, 5.41) is 0. The second-order valence-electron chi connectivity index (χ2n) is 2.06. The van der Waals surface area contributed by atoms with Gasteiger partial charge in [0.25, 0.3) is 0 Å². The molecule has 0 aliphatic carbocycles. The van der Waals surface area contributed by atoms with Crippen molar-refractivity contribution in [3.8, 4) is 0 Å². The molecule has 0 spiro atoms. The van der Waals surface area contributed by atoms with E-state index in [1.807, 2.05) is 0 Å². The fourth-order valence-corrected chi connectivity index (χ4v) is 0.677. The van der Waals surface area contributed by atoms with Gasteiger partial charge in [-0.25, -0.2) is 0 Å². The van der Waals surface area contributed by atoms with Gasteiger partial charge >= 0.3 is 0 Å². The van der Waals surface area contributed by atoms with Crippen LogP contribution in [0.15, 0.2) is 0 Å². The third kappa shape index (κ3) is 9.70. The van der Waals surface area contributed by atoms with Crippen molar-refractivity contribution in [3.63, 3.8) is 0 Å². The minimum atomic E-state index is 0. The highest BCUT2D eigenvalue weighted by atomic mass is 79.9. The molecule has 0 aromatic rings. The molecule has 0 heterocycles. The van der Waals surface area contributed by atoms with Crippen molar-refractivity contribution in [2.45, 2.75) is 46.0 Å². The van der Waals surface area contributed by atoms with E-state index in [1.54, 1.807) is 0 Å². The standard InChI is InChI=1S/C7H16.BrH/c1-3-5-7-6-4-2;/h3-7H2,1-2H3;1H. The minimum Gasteiger partial charge on any atom is -0.114 e. The predicted octanol–water partition coefficient (Wildman–Crippen LogP) is 3.55. The Balaban J connectivity index is 0. The summed E-state index contributed by atoms with van der Waals surface area (Å²) >= 11 is 0. The van der Waals surface area contributed by atoms with Crippen LogP contribution in [0.5, 0.6) is 0 Å². The highest BCUT2D eigenvalue weighted by Gasteiger charge is 1.80. The van der Waals surface area contributed by atoms with E-state index in [1.165, 1.54) is 32.1 Å². The van der Waals surface area contributed by atoms with Gasteiger partial charge in [0.2, 0.25) is 0 Å². The Hall–Kier alpha value is 0.480. The average Bonchev–Trinajstić information content (AvgIpc) is 1.69. The zero-order chi connectivity index (χ0) is 5.54. The molecule has 0 amide bonds. The van der Waals surface area contributed by atoms with Crippen LogP contribution in [0.1, 0.15) is 46.0 Å². The number of hydrogen-bond donors (Lipinski definition) is 0. The molecule has 0 rings (SSSR count). The Morgan fingerprint density at radius 2 is 1.12 bits per heavy atom. The van der Waals surface area contributed by atoms with E-state index in [4.69, 9.17) is 0 Å². The monoisotopic (exact) mass is 180 g/mol. The molecule has 0 saturated heterocycles. The first-order valence-electron chi connectivity index (χ1n) is 3.41. The summed E-state index contributed by atoms with van der Waals surface area (Å²) in [6.07, 6.45) is 7.01. The first kappa shape index (κ1) is 11.3. The maximum atomic E-state index is 2.25. The van der Waals surface area contributed by atoms with Crippen LogP contribution < -0.4 is 0 Å². The summed E-state index contributed by atoms with van der Waals surface area (Å²) in [6, 6.07) is 0. The molecule has 0 nitrogen and oxygen atoms in total. The molecule has 0 aliphatic rings. The Morgan fingerprint density at radius 1 is 0.750 bits per heavy atom. The van der Waals surface area contributed by atoms with Gasteiger partial charge in [-0.15, -0.1) is 17.0 Å². The molecular formula is C7H17Br. The minimum absolute atomic E-state index is 0. The molecule has 8 heavy (non-hydrogen) atoms. The van der Waals surface area contributed by atoms with Gasteiger partial charge in [-0.3, -0.25) is 0 Å². The molecule has 0 N–H and O–H groups in total. The molecule has 0 saturated carbocycles. The van der Waals surface area contributed by atoms with Crippen LogP contribution in [0.4, 0.5) is 0 Å². The van der Waals surface area contributed by atoms with Crippen LogP contribution in [0.3, 0.4) is 0 Å². The molecule has 0 aromatic carbocycles. The topological polar surface area (TPSA) is 0 Å². The first-order chi connectivity index (χ1) is 3.41. The van der Waals surface area contributed by atoms with E-state index in [0.29, 0.717) is 0 Å². The molecule has 1 heteroatoms. The predicted molar refractivity (Wildman–Crippen MR) is 44.8 cm³/mol. The van der Waals surface area contributed by atoms with Crippen LogP contribution in [0.2, 0.25) is 0 Å². The molecule has 0 atom stereocenters. The maximum absolute atomic E-state index is 2.25. The third-order valence-electron chi connectivity index (χ3n) is 1.21. The fourth-order valence-electron chi connectivity index (χ4n) is 0.677. The fraction of sp³-hybridized carbons (Fsp3) is 1.00. The number of halogens is 1. The van der Waals surface area contributed by atoms with Gasteiger partial charge in [-0.1, -0.05) is 46.0 Å². The SMILES string of the molecule is Br.CCCCCCC. The smallest absolute Gasteiger partial charge is 0.0533 e. The Kier molecular flexibility index (Phi) is 14.8. The number of unbranched alkanes of at least 4 members (excludes halogenated alkanes) is 4. The Morgan fingerprint density at radius 3 is 1.38 bits per heavy atom. The number of hydrogen-bond acceptors (Lipinski definition) is 0. The summed E-state index contributed by atoms with van der Waals surface area (Å²) in [5.41, 5.74) is 0. The summed E-state index contributed by atoms with van der Waals surface area (Å²) < 4.78 is 0. The third-order valence-corrected chi connectivity index (χ3v) is 1.21. The van der Waals surface area contributed by atoms with E-state index >= 15 is 0 Å². The average molecular weight is 181 g/mol. The van der Waals surface area contributed by atoms with Gasteiger partial charge in [0.1, 0.15) is 0 Å². The Labute approximate surface area is 63.4 Å². The molecule has 0 radical (unpaired) electrons. The first-order valence-corrected chi connectivity index (χ1v) is 3.41. The number of rotatable bonds is 4. The van der Waals surface area contributed by atoms with E-state index in [9.17, 15) is 0 Å². The van der Waals surface area contributed by atoms with E-state index in [0.717, 1.165) is 0 Å². The van der Waals surface area contributed by atoms with Gasteiger partial charge in [0, 0.05) is 0 Å². The maximum Gasteiger partial charge on any atom is -0.0533 e. The lowest BCUT2D eigenvalue weighted by molar-refractivity contribution is 0.656. The van der Waals surface area contributed by atoms with Crippen LogP contribution in [0, 0.1) is 0 Å². The summed E-state index contributed by atoms with van der Waals surface area (Å²) in [5.74, 6) is 0. The summed E-state index contributed by atoms with van der Waals surface area (Å²) in [7, 11) is 0. The van der Waals surface area contributed by atoms with Crippen LogP contribution in [0.25, 0.3) is 0 Å². The highest BCUT2D eigenvalue weighted by Crippen LogP contribution is 2.00. The summed E-state index contributed by atoms with van der Waals surface area (Å²) in [4.78, 5) is 0. The van der Waals surface area contributed by atoms with Crippen molar-refractivity contribution in [3.05, 3.63) is 0 Å². The molecule has 0 aromatic heterocycles. The largest absolute Gasteiger partial charge is 0.114 e. The van der Waals surface area contributed by atoms with Crippen LogP contribution in [-0.4, -0.2) is 0 Å². The van der Waals surface area contributed by atoms with Gasteiger partial charge in [0.15, 0.2) is 0 Å². The van der Waals surface area contributed by atoms with Crippen molar-refractivity contribution in [2.75, 3.05) is 0 Å². The second kappa shape index (κ2) is 10.5. The normalized spacial score (nSPS) is 8.25. The quantitative estimate of drug-likeness (QED) is 0.581. The van der Waals surface area contributed by atoms with Crippen molar-refractivity contribution in [1.29, 1.82) is 0 Å². The zero-order valence-electron chi connectivity index (χ0n) is 5.94.